The Kier molecular flexibility index (Phi) is 11.1. The quantitative estimate of drug-likeness (QED) is 0.491. The van der Waals surface area contributed by atoms with Crippen LogP contribution in [0.3, 0.4) is 0 Å². The summed E-state index contributed by atoms with van der Waals surface area (Å²) < 4.78 is 22.5. The molecule has 1 atom stereocenters. The van der Waals surface area contributed by atoms with E-state index in [0.717, 1.165) is 24.0 Å². The van der Waals surface area contributed by atoms with Crippen LogP contribution in [0, 0.1) is 0 Å². The number of aliphatic hydroxyl groups excluding tert-OH is 1. The number of hydrogen-bond donors (Lipinski definition) is 1. The van der Waals surface area contributed by atoms with E-state index < -0.39 is 0 Å². The highest BCUT2D eigenvalue weighted by atomic mass is 16.5. The Morgan fingerprint density at radius 3 is 2.32 bits per heavy atom. The highest BCUT2D eigenvalue weighted by Gasteiger charge is 2.13. The first kappa shape index (κ1) is 23.8. The van der Waals surface area contributed by atoms with Gasteiger partial charge in [-0.25, -0.2) is 0 Å². The Bertz CT molecular complexity index is 651. The summed E-state index contributed by atoms with van der Waals surface area (Å²) >= 11 is 0. The molecule has 28 heavy (non-hydrogen) atoms. The summed E-state index contributed by atoms with van der Waals surface area (Å²) in [4.78, 5) is 0. The Hall–Kier alpha value is -2.24. The minimum atomic E-state index is -0.0253. The van der Waals surface area contributed by atoms with Crippen molar-refractivity contribution in [3.63, 3.8) is 0 Å². The normalized spacial score (nSPS) is 12.9. The van der Waals surface area contributed by atoms with Crippen LogP contribution in [0.2, 0.25) is 0 Å². The van der Waals surface area contributed by atoms with Gasteiger partial charge in [-0.1, -0.05) is 29.9 Å². The Labute approximate surface area is 169 Å². The zero-order valence-corrected chi connectivity index (χ0v) is 17.8. The van der Waals surface area contributed by atoms with Crippen LogP contribution in [0.25, 0.3) is 6.08 Å². The van der Waals surface area contributed by atoms with Gasteiger partial charge >= 0.3 is 0 Å². The first-order chi connectivity index (χ1) is 13.5. The third-order valence-corrected chi connectivity index (χ3v) is 4.28. The Morgan fingerprint density at radius 2 is 1.82 bits per heavy atom. The lowest BCUT2D eigenvalue weighted by Crippen LogP contribution is -2.13. The number of aliphatic hydroxyl groups is 1. The van der Waals surface area contributed by atoms with Gasteiger partial charge in [-0.2, -0.15) is 0 Å². The summed E-state index contributed by atoms with van der Waals surface area (Å²) in [6.45, 7) is 11.2. The minimum absolute atomic E-state index is 0.0253. The second kappa shape index (κ2) is 13.0. The topological polar surface area (TPSA) is 57.2 Å². The number of rotatable bonds is 13. The summed E-state index contributed by atoms with van der Waals surface area (Å²) in [5, 5.41) is 8.95. The van der Waals surface area contributed by atoms with E-state index in [4.69, 9.17) is 24.1 Å². The van der Waals surface area contributed by atoms with Crippen molar-refractivity contribution < 1.29 is 24.1 Å². The fraction of sp³-hybridized carbons (Fsp3) is 0.478. The van der Waals surface area contributed by atoms with Crippen LogP contribution < -0.4 is 14.2 Å². The molecule has 1 N–H and O–H groups in total. The number of allylic oxidation sites excluding steroid dienone is 1. The van der Waals surface area contributed by atoms with Crippen LogP contribution in [0.15, 0.2) is 42.0 Å². The zero-order valence-electron chi connectivity index (χ0n) is 17.8. The molecule has 1 aromatic rings. The molecule has 1 aromatic carbocycles. The first-order valence-corrected chi connectivity index (χ1v) is 9.55. The molecule has 0 heterocycles. The molecule has 156 valence electrons. The summed E-state index contributed by atoms with van der Waals surface area (Å²) in [6, 6.07) is 3.69. The molecule has 0 fully saturated rings. The lowest BCUT2D eigenvalue weighted by Gasteiger charge is -2.17. The predicted octanol–water partition coefficient (Wildman–Crippen LogP) is 4.80. The van der Waals surface area contributed by atoms with Gasteiger partial charge in [-0.3, -0.25) is 0 Å². The molecule has 0 amide bonds. The summed E-state index contributed by atoms with van der Waals surface area (Å²) in [7, 11) is 3.18. The average molecular weight is 391 g/mol. The van der Waals surface area contributed by atoms with Gasteiger partial charge in [0.25, 0.3) is 0 Å². The number of hydrogen-bond acceptors (Lipinski definition) is 5. The molecular formula is C23H34O5. The van der Waals surface area contributed by atoms with E-state index in [0.29, 0.717) is 30.5 Å². The maximum absolute atomic E-state index is 8.95. The van der Waals surface area contributed by atoms with Crippen LogP contribution in [-0.4, -0.2) is 45.3 Å². The van der Waals surface area contributed by atoms with Crippen LogP contribution in [-0.2, 0) is 4.74 Å². The van der Waals surface area contributed by atoms with E-state index in [1.807, 2.05) is 26.0 Å². The molecule has 0 radical (unpaired) electrons. The summed E-state index contributed by atoms with van der Waals surface area (Å²) in [5.41, 5.74) is 3.14. The van der Waals surface area contributed by atoms with Crippen molar-refractivity contribution in [1.29, 1.82) is 0 Å². The molecule has 5 heteroatoms. The van der Waals surface area contributed by atoms with Crippen molar-refractivity contribution >= 4 is 6.08 Å². The summed E-state index contributed by atoms with van der Waals surface area (Å²) in [5.74, 6) is 1.73. The van der Waals surface area contributed by atoms with Gasteiger partial charge in [-0.05, 0) is 57.4 Å². The highest BCUT2D eigenvalue weighted by Crippen LogP contribution is 2.39. The standard InChI is InChI=1S/C23H34O5/c1-7-27-20(17(2)3)11-10-18(4)12-14-28-23-21(25-5)15-19(9-8-13-24)16-22(23)26-6/h8-9,12,15-16,20,24H,2,7,10-11,13-14H2,1,3-6H3/b9-8+,18-12+. The Morgan fingerprint density at radius 1 is 1.18 bits per heavy atom. The lowest BCUT2D eigenvalue weighted by molar-refractivity contribution is 0.0827. The van der Waals surface area contributed by atoms with Crippen LogP contribution in [0.4, 0.5) is 0 Å². The highest BCUT2D eigenvalue weighted by molar-refractivity contribution is 5.62. The molecular weight excluding hydrogens is 356 g/mol. The molecule has 1 unspecified atom stereocenters. The van der Waals surface area contributed by atoms with Crippen molar-refractivity contribution in [2.75, 3.05) is 34.0 Å². The monoisotopic (exact) mass is 390 g/mol. The van der Waals surface area contributed by atoms with Gasteiger partial charge in [0, 0.05) is 6.61 Å². The van der Waals surface area contributed by atoms with Crippen LogP contribution >= 0.6 is 0 Å². The van der Waals surface area contributed by atoms with E-state index >= 15 is 0 Å². The summed E-state index contributed by atoms with van der Waals surface area (Å²) in [6.07, 6.45) is 7.43. The van der Waals surface area contributed by atoms with Gasteiger partial charge in [-0.15, -0.1) is 0 Å². The molecule has 0 saturated heterocycles. The SMILES string of the molecule is C=C(C)C(CC/C(C)=C/COc1c(OC)cc(/C=C/CO)cc1OC)OCC. The van der Waals surface area contributed by atoms with E-state index in [2.05, 4.69) is 19.6 Å². The van der Waals surface area contributed by atoms with Crippen molar-refractivity contribution in [2.24, 2.45) is 0 Å². The molecule has 1 rings (SSSR count). The second-order valence-corrected chi connectivity index (χ2v) is 6.53. The van der Waals surface area contributed by atoms with Gasteiger partial charge < -0.3 is 24.1 Å². The fourth-order valence-corrected chi connectivity index (χ4v) is 2.73. The van der Waals surface area contributed by atoms with Gasteiger partial charge in [0.15, 0.2) is 11.5 Å². The average Bonchev–Trinajstić information content (AvgIpc) is 2.69. The number of ether oxygens (including phenoxy) is 4. The Balaban J connectivity index is 2.78. The smallest absolute Gasteiger partial charge is 0.203 e. The zero-order chi connectivity index (χ0) is 20.9. The van der Waals surface area contributed by atoms with Gasteiger partial charge in [0.05, 0.1) is 26.9 Å². The fourth-order valence-electron chi connectivity index (χ4n) is 2.73. The van der Waals surface area contributed by atoms with E-state index in [9.17, 15) is 0 Å². The minimum Gasteiger partial charge on any atom is -0.493 e. The van der Waals surface area contributed by atoms with E-state index in [1.165, 1.54) is 5.57 Å². The van der Waals surface area contributed by atoms with E-state index in [-0.39, 0.29) is 12.7 Å². The van der Waals surface area contributed by atoms with E-state index in [1.54, 1.807) is 26.4 Å². The third-order valence-electron chi connectivity index (χ3n) is 4.28. The number of methoxy groups -OCH3 is 2. The molecule has 5 nitrogen and oxygen atoms in total. The van der Waals surface area contributed by atoms with Crippen LogP contribution in [0.1, 0.15) is 39.2 Å². The van der Waals surface area contributed by atoms with Crippen molar-refractivity contribution in [3.8, 4) is 17.2 Å². The van der Waals surface area contributed by atoms with Crippen molar-refractivity contribution in [1.82, 2.24) is 0 Å². The maximum Gasteiger partial charge on any atom is 0.203 e. The third kappa shape index (κ3) is 7.79. The molecule has 0 aliphatic rings. The van der Waals surface area contributed by atoms with Crippen molar-refractivity contribution in [3.05, 3.63) is 47.6 Å². The molecule has 0 aromatic heterocycles. The molecule has 0 saturated carbocycles. The first-order valence-electron chi connectivity index (χ1n) is 9.55. The molecule has 0 bridgehead atoms. The second-order valence-electron chi connectivity index (χ2n) is 6.53. The van der Waals surface area contributed by atoms with Crippen LogP contribution in [0.5, 0.6) is 17.2 Å². The lowest BCUT2D eigenvalue weighted by atomic mass is 10.0. The van der Waals surface area contributed by atoms with Crippen molar-refractivity contribution in [2.45, 2.75) is 39.7 Å². The molecule has 0 aliphatic heterocycles. The van der Waals surface area contributed by atoms with Gasteiger partial charge in [0.1, 0.15) is 6.61 Å². The number of benzene rings is 1. The van der Waals surface area contributed by atoms with Gasteiger partial charge in [0.2, 0.25) is 5.75 Å². The molecule has 0 aliphatic carbocycles. The largest absolute Gasteiger partial charge is 0.493 e. The predicted molar refractivity (Wildman–Crippen MR) is 114 cm³/mol. The maximum atomic E-state index is 8.95. The molecule has 0 spiro atoms.